The minimum Gasteiger partial charge on any atom is -0.311 e. The van der Waals surface area contributed by atoms with Crippen molar-refractivity contribution in [2.75, 3.05) is 11.4 Å². The minimum atomic E-state index is 0.149. The molecule has 1 aromatic rings. The van der Waals surface area contributed by atoms with Gasteiger partial charge in [0.15, 0.2) is 5.78 Å². The molecular formula is C13H13NO2. The molecule has 0 radical (unpaired) electrons. The summed E-state index contributed by atoms with van der Waals surface area (Å²) in [7, 11) is 0. The Labute approximate surface area is 94.1 Å². The van der Waals surface area contributed by atoms with Crippen LogP contribution in [0.15, 0.2) is 24.3 Å². The van der Waals surface area contributed by atoms with Crippen molar-refractivity contribution in [3.05, 3.63) is 29.8 Å². The summed E-state index contributed by atoms with van der Waals surface area (Å²) in [5.41, 5.74) is 1.50. The van der Waals surface area contributed by atoms with Crippen LogP contribution in [0.1, 0.15) is 29.6 Å². The number of anilines is 1. The number of carbonyl (C=O) groups is 2. The second-order valence-electron chi connectivity index (χ2n) is 4.45. The number of carbonyl (C=O) groups excluding carboxylic acids is 2. The van der Waals surface area contributed by atoms with Crippen molar-refractivity contribution in [2.45, 2.75) is 19.3 Å². The first kappa shape index (κ1) is 9.58. The number of amides is 1. The molecule has 3 rings (SSSR count). The highest BCUT2D eigenvalue weighted by Gasteiger charge is 2.36. The molecule has 0 aromatic heterocycles. The maximum Gasteiger partial charge on any atom is 0.230 e. The molecular weight excluding hydrogens is 202 g/mol. The average Bonchev–Trinajstić information content (AvgIpc) is 3.13. The Morgan fingerprint density at radius 1 is 1.25 bits per heavy atom. The van der Waals surface area contributed by atoms with Gasteiger partial charge in [-0.05, 0) is 25.0 Å². The number of ketones is 1. The predicted molar refractivity (Wildman–Crippen MR) is 60.5 cm³/mol. The van der Waals surface area contributed by atoms with E-state index in [2.05, 4.69) is 0 Å². The van der Waals surface area contributed by atoms with E-state index in [1.807, 2.05) is 24.3 Å². The van der Waals surface area contributed by atoms with Crippen LogP contribution < -0.4 is 4.90 Å². The molecule has 1 aromatic carbocycles. The van der Waals surface area contributed by atoms with Gasteiger partial charge in [0.1, 0.15) is 0 Å². The lowest BCUT2D eigenvalue weighted by atomic mass is 10.00. The third-order valence-electron chi connectivity index (χ3n) is 3.25. The van der Waals surface area contributed by atoms with Gasteiger partial charge in [0.25, 0.3) is 0 Å². The van der Waals surface area contributed by atoms with Gasteiger partial charge in [-0.25, -0.2) is 0 Å². The van der Waals surface area contributed by atoms with Crippen molar-refractivity contribution in [3.63, 3.8) is 0 Å². The molecule has 3 nitrogen and oxygen atoms in total. The quantitative estimate of drug-likeness (QED) is 0.718. The number of benzene rings is 1. The lowest BCUT2D eigenvalue weighted by molar-refractivity contribution is -0.119. The number of fused-ring (bicyclic) bond motifs is 1. The molecule has 0 saturated heterocycles. The van der Waals surface area contributed by atoms with Gasteiger partial charge in [-0.1, -0.05) is 12.1 Å². The zero-order valence-corrected chi connectivity index (χ0v) is 8.98. The number of nitrogens with zero attached hydrogens (tertiary/aromatic N) is 1. The Kier molecular flexibility index (Phi) is 2.06. The number of Topliss-reactive ketones (excluding diaryl/α,β-unsaturated/α-hetero) is 1. The largest absolute Gasteiger partial charge is 0.311 e. The molecule has 3 heteroatoms. The molecule has 0 atom stereocenters. The van der Waals surface area contributed by atoms with Gasteiger partial charge in [-0.2, -0.15) is 0 Å². The molecule has 1 saturated carbocycles. The van der Waals surface area contributed by atoms with E-state index >= 15 is 0 Å². The molecule has 0 bridgehead atoms. The molecule has 1 amide bonds. The van der Waals surface area contributed by atoms with E-state index in [-0.39, 0.29) is 17.6 Å². The fourth-order valence-electron chi connectivity index (χ4n) is 2.19. The first-order chi connectivity index (χ1) is 7.77. The fourth-order valence-corrected chi connectivity index (χ4v) is 2.19. The van der Waals surface area contributed by atoms with Crippen molar-refractivity contribution in [1.82, 2.24) is 0 Å². The van der Waals surface area contributed by atoms with E-state index < -0.39 is 0 Å². The smallest absolute Gasteiger partial charge is 0.230 e. The summed E-state index contributed by atoms with van der Waals surface area (Å²) in [6.07, 6.45) is 2.46. The first-order valence-electron chi connectivity index (χ1n) is 5.71. The fraction of sp³-hybridized carbons (Fsp3) is 0.385. The van der Waals surface area contributed by atoms with Gasteiger partial charge in [-0.3, -0.25) is 9.59 Å². The third kappa shape index (κ3) is 1.43. The Bertz CT molecular complexity index is 463. The topological polar surface area (TPSA) is 37.4 Å². The molecule has 2 aliphatic rings. The van der Waals surface area contributed by atoms with E-state index in [1.165, 1.54) is 0 Å². The van der Waals surface area contributed by atoms with Gasteiger partial charge in [0.05, 0.1) is 5.69 Å². The zero-order chi connectivity index (χ0) is 11.1. The van der Waals surface area contributed by atoms with E-state index in [0.717, 1.165) is 18.5 Å². The highest BCUT2D eigenvalue weighted by molar-refractivity contribution is 6.09. The summed E-state index contributed by atoms with van der Waals surface area (Å²) >= 11 is 0. The van der Waals surface area contributed by atoms with Crippen LogP contribution in [0.5, 0.6) is 0 Å². The molecule has 0 unspecified atom stereocenters. The molecule has 1 aliphatic heterocycles. The first-order valence-corrected chi connectivity index (χ1v) is 5.71. The summed E-state index contributed by atoms with van der Waals surface area (Å²) in [4.78, 5) is 25.5. The van der Waals surface area contributed by atoms with Gasteiger partial charge in [0, 0.05) is 24.4 Å². The van der Waals surface area contributed by atoms with Crippen molar-refractivity contribution < 1.29 is 9.59 Å². The van der Waals surface area contributed by atoms with Crippen molar-refractivity contribution in [3.8, 4) is 0 Å². The van der Waals surface area contributed by atoms with E-state index in [4.69, 9.17) is 0 Å². The van der Waals surface area contributed by atoms with Crippen LogP contribution in [0.4, 0.5) is 5.69 Å². The van der Waals surface area contributed by atoms with Crippen LogP contribution in [0.3, 0.4) is 0 Å². The normalized spacial score (nSPS) is 19.5. The van der Waals surface area contributed by atoms with Crippen molar-refractivity contribution >= 4 is 17.4 Å². The SMILES string of the molecule is O=C1CCN(C(=O)C2CC2)c2ccccc21. The summed E-state index contributed by atoms with van der Waals surface area (Å²) in [5.74, 6) is 0.552. The molecule has 82 valence electrons. The third-order valence-corrected chi connectivity index (χ3v) is 3.25. The lowest BCUT2D eigenvalue weighted by Crippen LogP contribution is -2.38. The van der Waals surface area contributed by atoms with Crippen LogP contribution >= 0.6 is 0 Å². The van der Waals surface area contributed by atoms with Crippen LogP contribution in [0.2, 0.25) is 0 Å². The maximum absolute atomic E-state index is 12.0. The number of rotatable bonds is 1. The second-order valence-corrected chi connectivity index (χ2v) is 4.45. The predicted octanol–water partition coefficient (Wildman–Crippen LogP) is 2.02. The summed E-state index contributed by atoms with van der Waals surface area (Å²) < 4.78 is 0. The molecule has 16 heavy (non-hydrogen) atoms. The molecule has 1 aliphatic carbocycles. The number of hydrogen-bond acceptors (Lipinski definition) is 2. The second kappa shape index (κ2) is 3.44. The zero-order valence-electron chi connectivity index (χ0n) is 8.98. The van der Waals surface area contributed by atoms with E-state index in [1.54, 1.807) is 4.90 Å². The standard InChI is InChI=1S/C13H13NO2/c15-12-7-8-14(13(16)9-5-6-9)11-4-2-1-3-10(11)12/h1-4,9H,5-8H2. The Morgan fingerprint density at radius 3 is 2.75 bits per heavy atom. The van der Waals surface area contributed by atoms with Crippen molar-refractivity contribution in [1.29, 1.82) is 0 Å². The summed E-state index contributed by atoms with van der Waals surface area (Å²) in [6, 6.07) is 7.41. The van der Waals surface area contributed by atoms with Crippen LogP contribution in [-0.4, -0.2) is 18.2 Å². The molecule has 1 fully saturated rings. The van der Waals surface area contributed by atoms with Gasteiger partial charge in [-0.15, -0.1) is 0 Å². The summed E-state index contributed by atoms with van der Waals surface area (Å²) in [6.45, 7) is 0.547. The number of para-hydroxylation sites is 1. The monoisotopic (exact) mass is 215 g/mol. The summed E-state index contributed by atoms with van der Waals surface area (Å²) in [5, 5.41) is 0. The number of hydrogen-bond donors (Lipinski definition) is 0. The molecule has 0 N–H and O–H groups in total. The van der Waals surface area contributed by atoms with Crippen LogP contribution in [-0.2, 0) is 4.79 Å². The van der Waals surface area contributed by atoms with E-state index in [9.17, 15) is 9.59 Å². The molecule has 1 heterocycles. The highest BCUT2D eigenvalue weighted by atomic mass is 16.2. The Morgan fingerprint density at radius 2 is 2.00 bits per heavy atom. The van der Waals surface area contributed by atoms with Gasteiger partial charge < -0.3 is 4.90 Å². The molecule has 0 spiro atoms. The highest BCUT2D eigenvalue weighted by Crippen LogP contribution is 2.35. The van der Waals surface area contributed by atoms with Gasteiger partial charge in [0.2, 0.25) is 5.91 Å². The Hall–Kier alpha value is -1.64. The van der Waals surface area contributed by atoms with Crippen LogP contribution in [0.25, 0.3) is 0 Å². The van der Waals surface area contributed by atoms with Crippen molar-refractivity contribution in [2.24, 2.45) is 5.92 Å². The van der Waals surface area contributed by atoms with E-state index in [0.29, 0.717) is 18.5 Å². The van der Waals surface area contributed by atoms with Gasteiger partial charge >= 0.3 is 0 Å². The maximum atomic E-state index is 12.0. The van der Waals surface area contributed by atoms with Crippen LogP contribution in [0, 0.1) is 5.92 Å². The average molecular weight is 215 g/mol. The minimum absolute atomic E-state index is 0.149. The lowest BCUT2D eigenvalue weighted by Gasteiger charge is -2.28. The Balaban J connectivity index is 2.00.